The molecular weight excluding hydrogens is 370 g/mol. The van der Waals surface area contributed by atoms with Gasteiger partial charge in [0.1, 0.15) is 0 Å². The summed E-state index contributed by atoms with van der Waals surface area (Å²) in [6.45, 7) is 3.84. The first-order chi connectivity index (χ1) is 13.9. The lowest BCUT2D eigenvalue weighted by Crippen LogP contribution is -2.37. The number of likely N-dealkylation sites (tertiary alicyclic amines) is 1. The van der Waals surface area contributed by atoms with Gasteiger partial charge in [0.05, 0.1) is 11.1 Å². The van der Waals surface area contributed by atoms with Gasteiger partial charge < -0.3 is 10.2 Å². The van der Waals surface area contributed by atoms with Crippen LogP contribution in [0.4, 0.5) is 0 Å². The number of ketones is 1. The van der Waals surface area contributed by atoms with Crippen LogP contribution in [0.5, 0.6) is 0 Å². The molecule has 0 radical (unpaired) electrons. The lowest BCUT2D eigenvalue weighted by Gasteiger charge is -2.28. The van der Waals surface area contributed by atoms with Crippen LogP contribution in [0.3, 0.4) is 0 Å². The molecular formula is C23H21NO5. The zero-order chi connectivity index (χ0) is 21.0. The fourth-order valence-electron chi connectivity index (χ4n) is 3.18. The molecule has 3 rings (SSSR count). The summed E-state index contributed by atoms with van der Waals surface area (Å²) in [6.07, 6.45) is 3.58. The number of likely N-dealkylation sites (N-methyl/N-ethyl adjacent to an activating group) is 1. The minimum absolute atomic E-state index is 0.0562. The molecule has 0 aromatic heterocycles. The quantitative estimate of drug-likeness (QED) is 0.758. The number of carbonyl (C=O) groups excluding carboxylic acids is 1. The topological polar surface area (TPSA) is 94.9 Å². The molecule has 6 nitrogen and oxygen atoms in total. The van der Waals surface area contributed by atoms with Crippen molar-refractivity contribution < 1.29 is 24.6 Å². The second kappa shape index (κ2) is 8.67. The third-order valence-electron chi connectivity index (χ3n) is 4.82. The van der Waals surface area contributed by atoms with Gasteiger partial charge in [-0.25, -0.2) is 9.59 Å². The van der Waals surface area contributed by atoms with Crippen molar-refractivity contribution in [1.82, 2.24) is 4.90 Å². The van der Waals surface area contributed by atoms with Crippen molar-refractivity contribution in [3.8, 4) is 0 Å². The highest BCUT2D eigenvalue weighted by molar-refractivity contribution is 6.14. The molecule has 2 N–H and O–H groups in total. The Morgan fingerprint density at radius 3 is 1.52 bits per heavy atom. The summed E-state index contributed by atoms with van der Waals surface area (Å²) < 4.78 is 0. The molecule has 148 valence electrons. The normalized spacial score (nSPS) is 17.6. The van der Waals surface area contributed by atoms with Gasteiger partial charge in [0, 0.05) is 24.2 Å². The Morgan fingerprint density at radius 1 is 0.828 bits per heavy atom. The summed E-state index contributed by atoms with van der Waals surface area (Å²) in [4.78, 5) is 37.1. The Kier molecular flexibility index (Phi) is 6.04. The smallest absolute Gasteiger partial charge is 0.335 e. The number of aromatic carboxylic acids is 2. The first kappa shape index (κ1) is 20.2. The molecule has 0 bridgehead atoms. The highest BCUT2D eigenvalue weighted by Gasteiger charge is 2.25. The number of carboxylic acid groups (broad SMARTS) is 2. The van der Waals surface area contributed by atoms with Gasteiger partial charge in [-0.1, -0.05) is 31.2 Å². The van der Waals surface area contributed by atoms with E-state index in [1.165, 1.54) is 24.3 Å². The molecule has 29 heavy (non-hydrogen) atoms. The Hall–Kier alpha value is -3.51. The van der Waals surface area contributed by atoms with E-state index >= 15 is 0 Å². The third-order valence-corrected chi connectivity index (χ3v) is 4.82. The molecule has 0 atom stereocenters. The van der Waals surface area contributed by atoms with E-state index < -0.39 is 11.9 Å². The number of carbonyl (C=O) groups is 3. The lowest BCUT2D eigenvalue weighted by atomic mass is 9.94. The van der Waals surface area contributed by atoms with E-state index in [4.69, 9.17) is 10.2 Å². The summed E-state index contributed by atoms with van der Waals surface area (Å²) in [6, 6.07) is 12.8. The van der Waals surface area contributed by atoms with Crippen molar-refractivity contribution >= 4 is 29.9 Å². The van der Waals surface area contributed by atoms with E-state index in [-0.39, 0.29) is 16.9 Å². The van der Waals surface area contributed by atoms with Crippen molar-refractivity contribution in [1.29, 1.82) is 0 Å². The SMILES string of the molecule is CCN1C/C(=C/c2ccc(C(=O)O)cc2)C(=O)/C(=C/c2ccc(C(=O)O)cc2)C1. The van der Waals surface area contributed by atoms with Crippen LogP contribution in [-0.2, 0) is 4.79 Å². The van der Waals surface area contributed by atoms with Crippen LogP contribution >= 0.6 is 0 Å². The standard InChI is InChI=1S/C23H21NO5/c1-2-24-13-19(11-15-3-7-17(8-4-15)22(26)27)21(25)20(14-24)12-16-5-9-18(10-6-16)23(28)29/h3-12H,2,13-14H2,1H3,(H,26,27)(H,28,29)/b19-11-,20-12+. The predicted octanol–water partition coefficient (Wildman–Crippen LogP) is 3.45. The summed E-state index contributed by atoms with van der Waals surface area (Å²) >= 11 is 0. The van der Waals surface area contributed by atoms with Gasteiger partial charge in [-0.2, -0.15) is 0 Å². The third kappa shape index (κ3) is 4.86. The van der Waals surface area contributed by atoms with E-state index in [2.05, 4.69) is 4.90 Å². The summed E-state index contributed by atoms with van der Waals surface area (Å²) in [5, 5.41) is 18.0. The molecule has 1 heterocycles. The highest BCUT2D eigenvalue weighted by atomic mass is 16.4. The van der Waals surface area contributed by atoms with Gasteiger partial charge in [-0.3, -0.25) is 9.69 Å². The van der Waals surface area contributed by atoms with E-state index in [9.17, 15) is 14.4 Å². The number of carboxylic acids is 2. The second-order valence-electron chi connectivity index (χ2n) is 6.83. The van der Waals surface area contributed by atoms with Crippen molar-refractivity contribution in [2.45, 2.75) is 6.92 Å². The Labute approximate surface area is 168 Å². The predicted molar refractivity (Wildman–Crippen MR) is 110 cm³/mol. The molecule has 0 spiro atoms. The fourth-order valence-corrected chi connectivity index (χ4v) is 3.18. The maximum absolute atomic E-state index is 13.0. The van der Waals surface area contributed by atoms with Crippen LogP contribution in [-0.4, -0.2) is 52.5 Å². The summed E-state index contributed by atoms with van der Waals surface area (Å²) in [7, 11) is 0. The Morgan fingerprint density at radius 2 is 1.21 bits per heavy atom. The summed E-state index contributed by atoms with van der Waals surface area (Å²) in [5.41, 5.74) is 3.19. The van der Waals surface area contributed by atoms with Gasteiger partial charge in [-0.15, -0.1) is 0 Å². The minimum atomic E-state index is -0.991. The number of benzene rings is 2. The van der Waals surface area contributed by atoms with Gasteiger partial charge >= 0.3 is 11.9 Å². The lowest BCUT2D eigenvalue weighted by molar-refractivity contribution is -0.113. The van der Waals surface area contributed by atoms with Crippen LogP contribution in [0.1, 0.15) is 38.8 Å². The van der Waals surface area contributed by atoms with E-state index in [0.29, 0.717) is 24.2 Å². The molecule has 1 saturated heterocycles. The van der Waals surface area contributed by atoms with E-state index in [1.54, 1.807) is 36.4 Å². The maximum atomic E-state index is 13.0. The van der Waals surface area contributed by atoms with Crippen molar-refractivity contribution in [2.24, 2.45) is 0 Å². The zero-order valence-corrected chi connectivity index (χ0v) is 16.0. The van der Waals surface area contributed by atoms with Crippen LogP contribution in [0.2, 0.25) is 0 Å². The minimum Gasteiger partial charge on any atom is -0.478 e. The number of Topliss-reactive ketones (excluding diaryl/α,β-unsaturated/α-hetero) is 1. The molecule has 0 unspecified atom stereocenters. The number of hydrogen-bond acceptors (Lipinski definition) is 4. The van der Waals surface area contributed by atoms with Crippen LogP contribution < -0.4 is 0 Å². The number of rotatable bonds is 5. The average molecular weight is 391 g/mol. The molecule has 0 amide bonds. The highest BCUT2D eigenvalue weighted by Crippen LogP contribution is 2.22. The molecule has 6 heteroatoms. The molecule has 1 fully saturated rings. The van der Waals surface area contributed by atoms with Gasteiger partial charge in [0.25, 0.3) is 0 Å². The van der Waals surface area contributed by atoms with Gasteiger partial charge in [0.2, 0.25) is 0 Å². The van der Waals surface area contributed by atoms with Crippen molar-refractivity contribution in [2.75, 3.05) is 19.6 Å². The molecule has 1 aliphatic heterocycles. The van der Waals surface area contributed by atoms with Crippen LogP contribution in [0.15, 0.2) is 59.7 Å². The molecule has 2 aromatic carbocycles. The number of piperidine rings is 1. The number of hydrogen-bond donors (Lipinski definition) is 2. The largest absolute Gasteiger partial charge is 0.478 e. The van der Waals surface area contributed by atoms with Crippen molar-refractivity contribution in [3.63, 3.8) is 0 Å². The molecule has 2 aromatic rings. The van der Waals surface area contributed by atoms with Crippen LogP contribution in [0.25, 0.3) is 12.2 Å². The van der Waals surface area contributed by atoms with Crippen molar-refractivity contribution in [3.05, 3.63) is 81.9 Å². The molecule has 0 aliphatic carbocycles. The van der Waals surface area contributed by atoms with E-state index in [0.717, 1.165) is 17.7 Å². The van der Waals surface area contributed by atoms with E-state index in [1.807, 2.05) is 6.92 Å². The second-order valence-corrected chi connectivity index (χ2v) is 6.83. The fraction of sp³-hybridized carbons (Fsp3) is 0.174. The van der Waals surface area contributed by atoms with Crippen LogP contribution in [0, 0.1) is 0 Å². The number of nitrogens with zero attached hydrogens (tertiary/aromatic N) is 1. The molecule has 1 aliphatic rings. The molecule has 0 saturated carbocycles. The monoisotopic (exact) mass is 391 g/mol. The van der Waals surface area contributed by atoms with Gasteiger partial charge in [-0.05, 0) is 54.1 Å². The summed E-state index contributed by atoms with van der Waals surface area (Å²) in [5.74, 6) is -2.04. The van der Waals surface area contributed by atoms with Gasteiger partial charge in [0.15, 0.2) is 5.78 Å². The zero-order valence-electron chi connectivity index (χ0n) is 16.0. The first-order valence-corrected chi connectivity index (χ1v) is 9.22. The first-order valence-electron chi connectivity index (χ1n) is 9.22. The Bertz CT molecular complexity index is 921. The Balaban J connectivity index is 1.90. The average Bonchev–Trinajstić information content (AvgIpc) is 2.71. The maximum Gasteiger partial charge on any atom is 0.335 e.